The van der Waals surface area contributed by atoms with Crippen LogP contribution in [0.1, 0.15) is 32.3 Å². The van der Waals surface area contributed by atoms with Crippen LogP contribution in [0, 0.1) is 5.92 Å². The molecule has 6 heteroatoms. The van der Waals surface area contributed by atoms with Gasteiger partial charge in [-0.2, -0.15) is 0 Å². The normalized spacial score (nSPS) is 18.3. The summed E-state index contributed by atoms with van der Waals surface area (Å²) >= 11 is 0. The molecule has 0 fully saturated rings. The monoisotopic (exact) mass is 282 g/mol. The molecule has 0 bridgehead atoms. The minimum atomic E-state index is -3.30. The van der Waals surface area contributed by atoms with Gasteiger partial charge in [0.25, 0.3) is 0 Å². The van der Waals surface area contributed by atoms with Crippen molar-refractivity contribution in [3.05, 3.63) is 23.8 Å². The molecular formula is C13H18N2O3S. The van der Waals surface area contributed by atoms with Gasteiger partial charge in [0.05, 0.1) is 11.7 Å². The van der Waals surface area contributed by atoms with Gasteiger partial charge in [-0.05, 0) is 36.6 Å². The number of hydrogen-bond donors (Lipinski definition) is 2. The number of carbonyl (C=O) groups is 1. The number of hydrogen-bond acceptors (Lipinski definition) is 3. The lowest BCUT2D eigenvalue weighted by Gasteiger charge is -2.14. The number of benzene rings is 1. The number of sulfonamides is 1. The molecule has 1 heterocycles. The fourth-order valence-corrected chi connectivity index (χ4v) is 2.89. The Balaban J connectivity index is 2.37. The summed E-state index contributed by atoms with van der Waals surface area (Å²) in [4.78, 5) is 11.9. The predicted octanol–water partition coefficient (Wildman–Crippen LogP) is 2.14. The molecule has 2 N–H and O–H groups in total. The fourth-order valence-electron chi connectivity index (χ4n) is 2.26. The minimum Gasteiger partial charge on any atom is -0.325 e. The number of rotatable bonds is 4. The molecule has 19 heavy (non-hydrogen) atoms. The highest BCUT2D eigenvalue weighted by Crippen LogP contribution is 2.38. The van der Waals surface area contributed by atoms with E-state index in [1.807, 2.05) is 13.8 Å². The molecule has 0 aliphatic carbocycles. The van der Waals surface area contributed by atoms with Crippen molar-refractivity contribution in [1.29, 1.82) is 0 Å². The van der Waals surface area contributed by atoms with E-state index < -0.39 is 10.0 Å². The second-order valence-corrected chi connectivity index (χ2v) is 7.03. The van der Waals surface area contributed by atoms with E-state index in [9.17, 15) is 13.2 Å². The Bertz CT molecular complexity index is 608. The Morgan fingerprint density at radius 1 is 1.37 bits per heavy atom. The predicted molar refractivity (Wildman–Crippen MR) is 75.7 cm³/mol. The van der Waals surface area contributed by atoms with Crippen LogP contribution in [0.3, 0.4) is 0 Å². The summed E-state index contributed by atoms with van der Waals surface area (Å²) in [6, 6.07) is 5.14. The number of nitrogens with one attached hydrogen (secondary N) is 2. The molecule has 104 valence electrons. The molecule has 0 aromatic heterocycles. The van der Waals surface area contributed by atoms with Gasteiger partial charge in [-0.25, -0.2) is 8.42 Å². The van der Waals surface area contributed by atoms with Crippen LogP contribution in [0.15, 0.2) is 18.2 Å². The maximum Gasteiger partial charge on any atom is 0.232 e. The maximum absolute atomic E-state index is 11.9. The van der Waals surface area contributed by atoms with Gasteiger partial charge in [0.1, 0.15) is 0 Å². The van der Waals surface area contributed by atoms with Gasteiger partial charge in [0, 0.05) is 11.4 Å². The van der Waals surface area contributed by atoms with Crippen molar-refractivity contribution in [1.82, 2.24) is 0 Å². The van der Waals surface area contributed by atoms with Crippen LogP contribution in [0.4, 0.5) is 11.4 Å². The lowest BCUT2D eigenvalue weighted by molar-refractivity contribution is -0.117. The van der Waals surface area contributed by atoms with Crippen molar-refractivity contribution < 1.29 is 13.2 Å². The smallest absolute Gasteiger partial charge is 0.232 e. The average molecular weight is 282 g/mol. The van der Waals surface area contributed by atoms with Crippen LogP contribution in [-0.4, -0.2) is 20.1 Å². The number of fused-ring (bicyclic) bond motifs is 1. The Labute approximate surface area is 113 Å². The summed E-state index contributed by atoms with van der Waals surface area (Å²) in [5.41, 5.74) is 2.13. The highest BCUT2D eigenvalue weighted by molar-refractivity contribution is 7.92. The Kier molecular flexibility index (Phi) is 3.54. The van der Waals surface area contributed by atoms with E-state index in [-0.39, 0.29) is 23.5 Å². The average Bonchev–Trinajstić information content (AvgIpc) is 2.64. The summed E-state index contributed by atoms with van der Waals surface area (Å²) in [5, 5.41) is 2.82. The van der Waals surface area contributed by atoms with Crippen LogP contribution < -0.4 is 10.0 Å². The number of amides is 1. The van der Waals surface area contributed by atoms with Gasteiger partial charge in [-0.1, -0.05) is 13.8 Å². The van der Waals surface area contributed by atoms with E-state index in [0.29, 0.717) is 5.69 Å². The minimum absolute atomic E-state index is 0.0227. The van der Waals surface area contributed by atoms with Gasteiger partial charge in [0.15, 0.2) is 0 Å². The van der Waals surface area contributed by atoms with Crippen molar-refractivity contribution in [2.75, 3.05) is 15.8 Å². The molecule has 1 amide bonds. The highest BCUT2D eigenvalue weighted by atomic mass is 32.2. The Morgan fingerprint density at radius 3 is 2.63 bits per heavy atom. The van der Waals surface area contributed by atoms with Gasteiger partial charge in [0.2, 0.25) is 15.9 Å². The summed E-state index contributed by atoms with van der Waals surface area (Å²) in [5.74, 6) is -0.0598. The van der Waals surface area contributed by atoms with Crippen molar-refractivity contribution in [2.24, 2.45) is 5.92 Å². The topological polar surface area (TPSA) is 75.3 Å². The van der Waals surface area contributed by atoms with Crippen molar-refractivity contribution >= 4 is 27.3 Å². The summed E-state index contributed by atoms with van der Waals surface area (Å²) in [7, 11) is -3.30. The van der Waals surface area contributed by atoms with Crippen LogP contribution >= 0.6 is 0 Å². The lowest BCUT2D eigenvalue weighted by Crippen LogP contribution is -2.17. The molecule has 1 aromatic rings. The molecule has 1 aliphatic heterocycles. The first kappa shape index (κ1) is 13.9. The Morgan fingerprint density at radius 2 is 2.05 bits per heavy atom. The van der Waals surface area contributed by atoms with Crippen molar-refractivity contribution in [3.63, 3.8) is 0 Å². The first-order chi connectivity index (χ1) is 8.84. The lowest BCUT2D eigenvalue weighted by atomic mass is 9.89. The van der Waals surface area contributed by atoms with E-state index >= 15 is 0 Å². The third-order valence-corrected chi connectivity index (χ3v) is 4.55. The van der Waals surface area contributed by atoms with Crippen LogP contribution in [0.2, 0.25) is 0 Å². The third kappa shape index (κ3) is 2.73. The molecule has 1 unspecified atom stereocenters. The van der Waals surface area contributed by atoms with E-state index in [1.165, 1.54) is 0 Å². The van der Waals surface area contributed by atoms with Crippen molar-refractivity contribution in [3.8, 4) is 0 Å². The molecule has 0 radical (unpaired) electrons. The second kappa shape index (κ2) is 4.85. The van der Waals surface area contributed by atoms with E-state index in [2.05, 4.69) is 10.0 Å². The molecule has 2 rings (SSSR count). The molecule has 1 aromatic carbocycles. The molecule has 1 aliphatic rings. The molecule has 0 saturated carbocycles. The zero-order valence-corrected chi connectivity index (χ0v) is 12.0. The zero-order valence-electron chi connectivity index (χ0n) is 11.2. The molecule has 0 saturated heterocycles. The van der Waals surface area contributed by atoms with Gasteiger partial charge in [-0.15, -0.1) is 0 Å². The van der Waals surface area contributed by atoms with Crippen LogP contribution in [0.5, 0.6) is 0 Å². The van der Waals surface area contributed by atoms with Gasteiger partial charge in [-0.3, -0.25) is 9.52 Å². The first-order valence-electron chi connectivity index (χ1n) is 6.29. The molecule has 5 nitrogen and oxygen atoms in total. The van der Waals surface area contributed by atoms with E-state index in [0.717, 1.165) is 11.3 Å². The maximum atomic E-state index is 11.9. The fraction of sp³-hybridized carbons (Fsp3) is 0.462. The number of carbonyl (C=O) groups excluding carboxylic acids is 1. The highest BCUT2D eigenvalue weighted by Gasteiger charge is 2.33. The molecule has 0 spiro atoms. The van der Waals surface area contributed by atoms with Crippen LogP contribution in [-0.2, 0) is 14.8 Å². The van der Waals surface area contributed by atoms with Gasteiger partial charge < -0.3 is 5.32 Å². The van der Waals surface area contributed by atoms with Crippen LogP contribution in [0.25, 0.3) is 0 Å². The zero-order chi connectivity index (χ0) is 14.2. The first-order valence-corrected chi connectivity index (χ1v) is 7.94. The largest absolute Gasteiger partial charge is 0.325 e. The third-order valence-electron chi connectivity index (χ3n) is 3.25. The van der Waals surface area contributed by atoms with Gasteiger partial charge >= 0.3 is 0 Å². The summed E-state index contributed by atoms with van der Waals surface area (Å²) in [6.07, 6.45) is 0. The quantitative estimate of drug-likeness (QED) is 0.888. The second-order valence-electron chi connectivity index (χ2n) is 5.02. The van der Waals surface area contributed by atoms with Crippen molar-refractivity contribution in [2.45, 2.75) is 26.7 Å². The summed E-state index contributed by atoms with van der Waals surface area (Å²) in [6.45, 7) is 5.53. The standard InChI is InChI=1S/C13H18N2O3S/c1-4-19(17,18)15-9-5-6-11-10(7-9)12(8(2)3)13(16)14-11/h5-8,12,15H,4H2,1-3H3,(H,14,16). The summed E-state index contributed by atoms with van der Waals surface area (Å²) < 4.78 is 25.6. The number of anilines is 2. The van der Waals surface area contributed by atoms with E-state index in [1.54, 1.807) is 25.1 Å². The Hall–Kier alpha value is -1.56. The van der Waals surface area contributed by atoms with E-state index in [4.69, 9.17) is 0 Å². The molecule has 1 atom stereocenters. The molecular weight excluding hydrogens is 264 g/mol. The SMILES string of the molecule is CCS(=O)(=O)Nc1ccc2c(c1)C(C(C)C)C(=O)N2.